The number of para-hydroxylation sites is 1. The average Bonchev–Trinajstić information content (AvgIpc) is 2.16. The first-order valence-corrected chi connectivity index (χ1v) is 4.12. The van der Waals surface area contributed by atoms with Crippen molar-refractivity contribution in [2.75, 3.05) is 0 Å². The molecule has 1 rings (SSSR count). The Balaban J connectivity index is 3.34. The fourth-order valence-corrected chi connectivity index (χ4v) is 1.09. The summed E-state index contributed by atoms with van der Waals surface area (Å²) in [5, 5.41) is 8.89. The van der Waals surface area contributed by atoms with Crippen LogP contribution in [0.5, 0.6) is 5.75 Å². The normalized spacial score (nSPS) is 13.8. The van der Waals surface area contributed by atoms with Gasteiger partial charge in [-0.15, -0.1) is 0 Å². The molecule has 0 radical (unpaired) electrons. The molecule has 0 aliphatic carbocycles. The van der Waals surface area contributed by atoms with Crippen LogP contribution in [0.3, 0.4) is 0 Å². The van der Waals surface area contributed by atoms with E-state index in [4.69, 9.17) is 5.11 Å². The van der Waals surface area contributed by atoms with Crippen LogP contribution in [0.25, 0.3) is 0 Å². The minimum atomic E-state index is -6.42. The lowest BCUT2D eigenvalue weighted by molar-refractivity contribution is -0.359. The summed E-state index contributed by atoms with van der Waals surface area (Å²) < 4.78 is 86.8. The maximum Gasteiger partial charge on any atom is 0.460 e. The highest BCUT2D eigenvalue weighted by Gasteiger charge is 2.74. The molecule has 1 aromatic carbocycles. The number of aromatic hydroxyl groups is 1. The van der Waals surface area contributed by atoms with Crippen LogP contribution in [-0.4, -0.2) is 17.2 Å². The highest BCUT2D eigenvalue weighted by Crippen LogP contribution is 2.53. The summed E-state index contributed by atoms with van der Waals surface area (Å²) in [6.45, 7) is 0. The fourth-order valence-electron chi connectivity index (χ4n) is 1.09. The zero-order valence-electron chi connectivity index (χ0n) is 7.90. The van der Waals surface area contributed by atoms with Crippen molar-refractivity contribution in [3.63, 3.8) is 0 Å². The fraction of sp³-hybridized carbons (Fsp3) is 0.333. The molecular formula is C9H5F7O. The Morgan fingerprint density at radius 2 is 1.29 bits per heavy atom. The van der Waals surface area contributed by atoms with E-state index in [9.17, 15) is 30.7 Å². The molecular weight excluding hydrogens is 257 g/mol. The second kappa shape index (κ2) is 3.78. The van der Waals surface area contributed by atoms with Gasteiger partial charge < -0.3 is 5.11 Å². The predicted molar refractivity (Wildman–Crippen MR) is 43.0 cm³/mol. The SMILES string of the molecule is Oc1ccccc1C(F)(F)C(F)(F)C(F)(F)F. The van der Waals surface area contributed by atoms with Gasteiger partial charge in [-0.2, -0.15) is 30.7 Å². The molecule has 0 saturated carbocycles. The van der Waals surface area contributed by atoms with Gasteiger partial charge in [0, 0.05) is 0 Å². The van der Waals surface area contributed by atoms with Gasteiger partial charge in [0.1, 0.15) is 5.75 Å². The molecule has 0 spiro atoms. The number of phenolic OH excluding ortho intramolecular Hbond substituents is 1. The maximum absolute atomic E-state index is 13.1. The lowest BCUT2D eigenvalue weighted by Crippen LogP contribution is -2.50. The minimum Gasteiger partial charge on any atom is -0.507 e. The lowest BCUT2D eigenvalue weighted by atomic mass is 10.0. The van der Waals surface area contributed by atoms with Crippen LogP contribution in [0.4, 0.5) is 30.7 Å². The summed E-state index contributed by atoms with van der Waals surface area (Å²) in [4.78, 5) is 0. The number of halogens is 7. The van der Waals surface area contributed by atoms with Crippen LogP contribution in [-0.2, 0) is 5.92 Å². The number of phenols is 1. The molecule has 0 fully saturated rings. The summed E-state index contributed by atoms with van der Waals surface area (Å²) in [6, 6.07) is 2.72. The van der Waals surface area contributed by atoms with E-state index >= 15 is 0 Å². The molecule has 1 N–H and O–H groups in total. The van der Waals surface area contributed by atoms with Crippen LogP contribution in [0.1, 0.15) is 5.56 Å². The monoisotopic (exact) mass is 262 g/mol. The zero-order valence-corrected chi connectivity index (χ0v) is 7.90. The van der Waals surface area contributed by atoms with Crippen LogP contribution >= 0.6 is 0 Å². The molecule has 1 nitrogen and oxygen atoms in total. The minimum absolute atomic E-state index is 0.301. The Morgan fingerprint density at radius 3 is 1.71 bits per heavy atom. The molecule has 0 bridgehead atoms. The maximum atomic E-state index is 13.1. The number of rotatable bonds is 2. The van der Waals surface area contributed by atoms with Crippen molar-refractivity contribution in [2.45, 2.75) is 18.0 Å². The van der Waals surface area contributed by atoms with Crippen LogP contribution in [0.15, 0.2) is 24.3 Å². The van der Waals surface area contributed by atoms with E-state index in [1.165, 1.54) is 0 Å². The predicted octanol–water partition coefficient (Wildman–Crippen LogP) is 3.68. The van der Waals surface area contributed by atoms with Gasteiger partial charge in [-0.05, 0) is 12.1 Å². The summed E-state index contributed by atoms with van der Waals surface area (Å²) in [5.41, 5.74) is -1.78. The van der Waals surface area contributed by atoms with Crippen LogP contribution in [0.2, 0.25) is 0 Å². The van der Waals surface area contributed by atoms with Gasteiger partial charge in [-0.1, -0.05) is 12.1 Å². The van der Waals surface area contributed by atoms with Gasteiger partial charge in [-0.3, -0.25) is 0 Å². The van der Waals surface area contributed by atoms with Crippen molar-refractivity contribution in [3.8, 4) is 5.75 Å². The molecule has 0 atom stereocenters. The smallest absolute Gasteiger partial charge is 0.460 e. The summed E-state index contributed by atoms with van der Waals surface area (Å²) in [6.07, 6.45) is -6.42. The largest absolute Gasteiger partial charge is 0.507 e. The van der Waals surface area contributed by atoms with E-state index in [-0.39, 0.29) is 0 Å². The number of hydrogen-bond donors (Lipinski definition) is 1. The van der Waals surface area contributed by atoms with Gasteiger partial charge in [0.25, 0.3) is 0 Å². The molecule has 96 valence electrons. The Hall–Kier alpha value is -1.47. The first-order valence-electron chi connectivity index (χ1n) is 4.12. The van der Waals surface area contributed by atoms with E-state index < -0.39 is 29.3 Å². The van der Waals surface area contributed by atoms with Crippen molar-refractivity contribution in [3.05, 3.63) is 29.8 Å². The molecule has 0 saturated heterocycles. The van der Waals surface area contributed by atoms with E-state index in [0.717, 1.165) is 12.1 Å². The summed E-state index contributed by atoms with van der Waals surface area (Å²) in [7, 11) is 0. The first-order chi connectivity index (χ1) is 7.52. The molecule has 0 aliphatic rings. The number of alkyl halides is 7. The van der Waals surface area contributed by atoms with E-state index in [1.807, 2.05) is 0 Å². The van der Waals surface area contributed by atoms with Gasteiger partial charge in [0.2, 0.25) is 0 Å². The Labute approximate surface area is 90.5 Å². The Kier molecular flexibility index (Phi) is 3.02. The van der Waals surface area contributed by atoms with E-state index in [0.29, 0.717) is 12.1 Å². The van der Waals surface area contributed by atoms with Crippen molar-refractivity contribution in [1.82, 2.24) is 0 Å². The Bertz CT molecular complexity index is 410. The third-order valence-corrected chi connectivity index (χ3v) is 1.99. The third-order valence-electron chi connectivity index (χ3n) is 1.99. The molecule has 0 aromatic heterocycles. The van der Waals surface area contributed by atoms with Crippen molar-refractivity contribution in [2.24, 2.45) is 0 Å². The highest BCUT2D eigenvalue weighted by molar-refractivity contribution is 5.37. The number of hydrogen-bond acceptors (Lipinski definition) is 1. The Morgan fingerprint density at radius 1 is 0.824 bits per heavy atom. The van der Waals surface area contributed by atoms with Gasteiger partial charge in [0.15, 0.2) is 0 Å². The number of benzene rings is 1. The van der Waals surface area contributed by atoms with E-state index in [1.54, 1.807) is 0 Å². The first kappa shape index (κ1) is 13.6. The molecule has 0 aliphatic heterocycles. The van der Waals surface area contributed by atoms with Crippen molar-refractivity contribution >= 4 is 0 Å². The molecule has 8 heteroatoms. The van der Waals surface area contributed by atoms with Gasteiger partial charge in [0.05, 0.1) is 5.56 Å². The standard InChI is InChI=1S/C9H5F7O/c10-7(11,8(12,13)9(14,15)16)5-3-1-2-4-6(5)17/h1-4,17H. The van der Waals surface area contributed by atoms with Crippen molar-refractivity contribution in [1.29, 1.82) is 0 Å². The van der Waals surface area contributed by atoms with Gasteiger partial charge >= 0.3 is 18.0 Å². The molecule has 17 heavy (non-hydrogen) atoms. The lowest BCUT2D eigenvalue weighted by Gasteiger charge is -2.28. The van der Waals surface area contributed by atoms with E-state index in [2.05, 4.69) is 0 Å². The van der Waals surface area contributed by atoms with Crippen molar-refractivity contribution < 1.29 is 35.8 Å². The summed E-state index contributed by atoms with van der Waals surface area (Å²) in [5.74, 6) is -13.1. The second-order valence-electron chi connectivity index (χ2n) is 3.16. The van der Waals surface area contributed by atoms with Crippen LogP contribution < -0.4 is 0 Å². The highest BCUT2D eigenvalue weighted by atomic mass is 19.4. The quantitative estimate of drug-likeness (QED) is 0.806. The zero-order chi connectivity index (χ0) is 13.5. The van der Waals surface area contributed by atoms with Crippen LogP contribution in [0, 0.1) is 0 Å². The molecule has 0 amide bonds. The average molecular weight is 262 g/mol. The summed E-state index contributed by atoms with van der Waals surface area (Å²) >= 11 is 0. The molecule has 1 aromatic rings. The molecule has 0 unspecified atom stereocenters. The topological polar surface area (TPSA) is 20.2 Å². The molecule has 0 heterocycles. The van der Waals surface area contributed by atoms with Gasteiger partial charge in [-0.25, -0.2) is 0 Å². The second-order valence-corrected chi connectivity index (χ2v) is 3.16. The third kappa shape index (κ3) is 2.03.